The van der Waals surface area contributed by atoms with Gasteiger partial charge in [0.15, 0.2) is 0 Å². The van der Waals surface area contributed by atoms with Gasteiger partial charge in [0.2, 0.25) is 5.91 Å². The Morgan fingerprint density at radius 2 is 2.00 bits per heavy atom. The lowest BCUT2D eigenvalue weighted by molar-refractivity contribution is -0.116. The molecule has 6 heteroatoms. The second-order valence-electron chi connectivity index (χ2n) is 5.58. The van der Waals surface area contributed by atoms with Crippen molar-refractivity contribution >= 4 is 23.2 Å². The number of hydrogen-bond donors (Lipinski definition) is 2. The largest absolute Gasteiger partial charge is 0.495 e. The Balaban J connectivity index is 1.65. The molecule has 0 spiro atoms. The molecule has 2 aromatic carbocycles. The molecular weight excluding hydrogens is 338 g/mol. The molecule has 0 unspecified atom stereocenters. The first-order chi connectivity index (χ1) is 12.2. The predicted molar refractivity (Wildman–Crippen MR) is 99.0 cm³/mol. The zero-order valence-electron chi connectivity index (χ0n) is 13.8. The van der Waals surface area contributed by atoms with E-state index in [1.165, 1.54) is 0 Å². The fourth-order valence-electron chi connectivity index (χ4n) is 2.50. The van der Waals surface area contributed by atoms with E-state index >= 15 is 0 Å². The summed E-state index contributed by atoms with van der Waals surface area (Å²) in [5.41, 5.74) is 3.64. The van der Waals surface area contributed by atoms with Gasteiger partial charge in [0, 0.05) is 23.2 Å². The number of rotatable bonds is 6. The van der Waals surface area contributed by atoms with Crippen molar-refractivity contribution in [2.75, 3.05) is 12.4 Å². The third kappa shape index (κ3) is 4.39. The normalized spacial score (nSPS) is 10.5. The Labute approximate surface area is 151 Å². The second kappa shape index (κ2) is 7.85. The summed E-state index contributed by atoms with van der Waals surface area (Å²) >= 11 is 5.87. The minimum atomic E-state index is -0.0655. The van der Waals surface area contributed by atoms with Gasteiger partial charge in [-0.05, 0) is 41.8 Å². The van der Waals surface area contributed by atoms with Crippen LogP contribution in [-0.4, -0.2) is 23.2 Å². The van der Waals surface area contributed by atoms with Crippen LogP contribution in [0.25, 0.3) is 11.1 Å². The molecule has 0 atom stereocenters. The number of nitrogens with zero attached hydrogens (tertiary/aromatic N) is 1. The lowest BCUT2D eigenvalue weighted by Gasteiger charge is -2.11. The van der Waals surface area contributed by atoms with Crippen molar-refractivity contribution in [2.24, 2.45) is 0 Å². The number of halogens is 1. The molecular formula is C19H18ClN3O2. The van der Waals surface area contributed by atoms with E-state index in [0.717, 1.165) is 16.7 Å². The summed E-state index contributed by atoms with van der Waals surface area (Å²) in [5.74, 6) is 0.544. The number of aromatic amines is 1. The Morgan fingerprint density at radius 1 is 1.20 bits per heavy atom. The van der Waals surface area contributed by atoms with Gasteiger partial charge in [-0.1, -0.05) is 29.8 Å². The van der Waals surface area contributed by atoms with Gasteiger partial charge in [0.25, 0.3) is 0 Å². The van der Waals surface area contributed by atoms with Crippen molar-refractivity contribution in [1.82, 2.24) is 10.2 Å². The molecule has 128 valence electrons. The highest BCUT2D eigenvalue weighted by Gasteiger charge is 2.10. The molecule has 0 bridgehead atoms. The van der Waals surface area contributed by atoms with Crippen molar-refractivity contribution in [3.05, 3.63) is 65.4 Å². The Kier molecular flexibility index (Phi) is 5.36. The zero-order valence-corrected chi connectivity index (χ0v) is 14.5. The summed E-state index contributed by atoms with van der Waals surface area (Å²) < 4.78 is 5.40. The Bertz CT molecular complexity index is 846. The molecule has 1 amide bonds. The van der Waals surface area contributed by atoms with Crippen LogP contribution in [0.15, 0.2) is 54.9 Å². The molecule has 0 saturated carbocycles. The number of nitrogens with one attached hydrogen (secondary N) is 2. The minimum Gasteiger partial charge on any atom is -0.495 e. The van der Waals surface area contributed by atoms with Crippen molar-refractivity contribution in [3.63, 3.8) is 0 Å². The number of benzene rings is 2. The van der Waals surface area contributed by atoms with Crippen molar-refractivity contribution in [1.29, 1.82) is 0 Å². The lowest BCUT2D eigenvalue weighted by atomic mass is 10.1. The topological polar surface area (TPSA) is 67.0 Å². The Hall–Kier alpha value is -2.79. The number of aromatic nitrogens is 2. The van der Waals surface area contributed by atoms with E-state index in [1.807, 2.05) is 42.5 Å². The van der Waals surface area contributed by atoms with E-state index in [-0.39, 0.29) is 5.91 Å². The highest BCUT2D eigenvalue weighted by Crippen LogP contribution is 2.30. The fraction of sp³-hybridized carbons (Fsp3) is 0.158. The first kappa shape index (κ1) is 17.0. The lowest BCUT2D eigenvalue weighted by Crippen LogP contribution is -2.13. The number of methoxy groups -OCH3 is 1. The first-order valence-corrected chi connectivity index (χ1v) is 8.25. The quantitative estimate of drug-likeness (QED) is 0.692. The van der Waals surface area contributed by atoms with Crippen molar-refractivity contribution in [3.8, 4) is 16.9 Å². The number of anilines is 1. The van der Waals surface area contributed by atoms with E-state index in [4.69, 9.17) is 16.3 Å². The number of carbonyl (C=O) groups excluding carboxylic acids is 1. The predicted octanol–water partition coefficient (Wildman–Crippen LogP) is 4.31. The van der Waals surface area contributed by atoms with Gasteiger partial charge in [-0.2, -0.15) is 5.10 Å². The van der Waals surface area contributed by atoms with Crippen LogP contribution >= 0.6 is 11.6 Å². The average Bonchev–Trinajstić information content (AvgIpc) is 3.16. The molecule has 1 heterocycles. The number of hydrogen-bond acceptors (Lipinski definition) is 3. The van der Waals surface area contributed by atoms with Gasteiger partial charge in [-0.3, -0.25) is 9.89 Å². The molecule has 2 N–H and O–H groups in total. The number of amides is 1. The van der Waals surface area contributed by atoms with Crippen LogP contribution in [0.3, 0.4) is 0 Å². The van der Waals surface area contributed by atoms with Gasteiger partial charge in [-0.25, -0.2) is 0 Å². The molecule has 0 saturated heterocycles. The fourth-order valence-corrected chi connectivity index (χ4v) is 2.63. The van der Waals surface area contributed by atoms with Crippen molar-refractivity contribution < 1.29 is 9.53 Å². The molecule has 0 aliphatic rings. The molecule has 0 radical (unpaired) electrons. The molecule has 0 fully saturated rings. The highest BCUT2D eigenvalue weighted by molar-refractivity contribution is 6.30. The SMILES string of the molecule is COc1cc(-c2cn[nH]c2)ccc1NC(=O)CCc1ccc(Cl)cc1. The third-order valence-electron chi connectivity index (χ3n) is 3.86. The molecule has 25 heavy (non-hydrogen) atoms. The standard InChI is InChI=1S/C19H18ClN3O2/c1-25-18-10-14(15-11-21-22-12-15)5-8-17(18)23-19(24)9-4-13-2-6-16(20)7-3-13/h2-3,5-8,10-12H,4,9H2,1H3,(H,21,22)(H,23,24). The maximum atomic E-state index is 12.2. The highest BCUT2D eigenvalue weighted by atomic mass is 35.5. The van der Waals surface area contributed by atoms with Crippen LogP contribution < -0.4 is 10.1 Å². The number of H-pyrrole nitrogens is 1. The van der Waals surface area contributed by atoms with Crippen LogP contribution in [0.4, 0.5) is 5.69 Å². The number of ether oxygens (including phenoxy) is 1. The van der Waals surface area contributed by atoms with Crippen LogP contribution in [-0.2, 0) is 11.2 Å². The number of aryl methyl sites for hydroxylation is 1. The van der Waals surface area contributed by atoms with Crippen LogP contribution in [0.2, 0.25) is 5.02 Å². The van der Waals surface area contributed by atoms with E-state index < -0.39 is 0 Å². The van der Waals surface area contributed by atoms with E-state index in [9.17, 15) is 4.79 Å². The zero-order chi connectivity index (χ0) is 17.6. The average molecular weight is 356 g/mol. The van der Waals surface area contributed by atoms with E-state index in [0.29, 0.717) is 29.3 Å². The molecule has 3 aromatic rings. The van der Waals surface area contributed by atoms with E-state index in [2.05, 4.69) is 15.5 Å². The maximum absolute atomic E-state index is 12.2. The van der Waals surface area contributed by atoms with Crippen molar-refractivity contribution in [2.45, 2.75) is 12.8 Å². The van der Waals surface area contributed by atoms with E-state index in [1.54, 1.807) is 19.5 Å². The smallest absolute Gasteiger partial charge is 0.224 e. The van der Waals surface area contributed by atoms with Gasteiger partial charge in [0.05, 0.1) is 19.0 Å². The summed E-state index contributed by atoms with van der Waals surface area (Å²) in [4.78, 5) is 12.2. The van der Waals surface area contributed by atoms with Gasteiger partial charge < -0.3 is 10.1 Å². The monoisotopic (exact) mass is 355 g/mol. The van der Waals surface area contributed by atoms with Gasteiger partial charge in [0.1, 0.15) is 5.75 Å². The molecule has 3 rings (SSSR count). The summed E-state index contributed by atoms with van der Waals surface area (Å²) in [7, 11) is 1.58. The summed E-state index contributed by atoms with van der Waals surface area (Å²) in [5, 5.41) is 10.3. The van der Waals surface area contributed by atoms with Gasteiger partial charge in [-0.15, -0.1) is 0 Å². The van der Waals surface area contributed by atoms with Crippen LogP contribution in [0.1, 0.15) is 12.0 Å². The van der Waals surface area contributed by atoms with Gasteiger partial charge >= 0.3 is 0 Å². The Morgan fingerprint density at radius 3 is 2.68 bits per heavy atom. The third-order valence-corrected chi connectivity index (χ3v) is 4.11. The number of carbonyl (C=O) groups is 1. The van der Waals surface area contributed by atoms with Crippen LogP contribution in [0.5, 0.6) is 5.75 Å². The second-order valence-corrected chi connectivity index (χ2v) is 6.01. The molecule has 5 nitrogen and oxygen atoms in total. The summed E-state index contributed by atoms with van der Waals surface area (Å²) in [6.07, 6.45) is 4.57. The minimum absolute atomic E-state index is 0.0655. The van der Waals surface area contributed by atoms with Crippen LogP contribution in [0, 0.1) is 0 Å². The molecule has 1 aromatic heterocycles. The first-order valence-electron chi connectivity index (χ1n) is 7.87. The molecule has 0 aliphatic heterocycles. The summed E-state index contributed by atoms with van der Waals surface area (Å²) in [6, 6.07) is 13.1. The molecule has 0 aliphatic carbocycles. The summed E-state index contributed by atoms with van der Waals surface area (Å²) in [6.45, 7) is 0. The maximum Gasteiger partial charge on any atom is 0.224 e.